The number of halogens is 3. The van der Waals surface area contributed by atoms with E-state index >= 15 is 0 Å². The Morgan fingerprint density at radius 3 is 2.85 bits per heavy atom. The van der Waals surface area contributed by atoms with Gasteiger partial charge < -0.3 is 10.1 Å². The Labute approximate surface area is 113 Å². The number of aromatic nitrogens is 2. The molecular weight excluding hydrogens is 271 g/mol. The van der Waals surface area contributed by atoms with Gasteiger partial charge in [-0.1, -0.05) is 12.6 Å². The molecule has 0 aliphatic heterocycles. The van der Waals surface area contributed by atoms with Crippen LogP contribution in [0.25, 0.3) is 6.20 Å². The zero-order valence-corrected chi connectivity index (χ0v) is 10.4. The van der Waals surface area contributed by atoms with Gasteiger partial charge in [0.15, 0.2) is 0 Å². The van der Waals surface area contributed by atoms with Crippen molar-refractivity contribution in [2.45, 2.75) is 12.9 Å². The third-order valence-electron chi connectivity index (χ3n) is 2.41. The van der Waals surface area contributed by atoms with Crippen molar-refractivity contribution >= 4 is 11.9 Å². The summed E-state index contributed by atoms with van der Waals surface area (Å²) in [5.74, 6) is -0.260. The fraction of sp³-hybridized carbons (Fsp3) is 0.154. The molecule has 0 radical (unpaired) electrons. The molecule has 0 amide bonds. The van der Waals surface area contributed by atoms with E-state index < -0.39 is 6.36 Å². The van der Waals surface area contributed by atoms with Gasteiger partial charge in [0.05, 0.1) is 6.20 Å². The van der Waals surface area contributed by atoms with Gasteiger partial charge in [0.2, 0.25) is 0 Å². The summed E-state index contributed by atoms with van der Waals surface area (Å²) in [4.78, 5) is 0. The number of nitrogens with one attached hydrogen (secondary N) is 1. The van der Waals surface area contributed by atoms with Crippen LogP contribution < -0.4 is 10.1 Å². The molecule has 0 saturated carbocycles. The highest BCUT2D eigenvalue weighted by Crippen LogP contribution is 2.25. The van der Waals surface area contributed by atoms with Crippen molar-refractivity contribution in [1.29, 1.82) is 0 Å². The summed E-state index contributed by atoms with van der Waals surface area (Å²) in [6, 6.07) is 5.66. The Hall–Kier alpha value is -2.44. The molecule has 1 aromatic heterocycles. The van der Waals surface area contributed by atoms with Crippen LogP contribution in [0.1, 0.15) is 5.56 Å². The molecule has 0 aliphatic carbocycles. The van der Waals surface area contributed by atoms with E-state index in [2.05, 4.69) is 21.7 Å². The Morgan fingerprint density at radius 1 is 1.40 bits per heavy atom. The molecular formula is C13H12F3N3O. The maximum Gasteiger partial charge on any atom is 0.573 e. The van der Waals surface area contributed by atoms with Gasteiger partial charge in [-0.15, -0.1) is 13.2 Å². The molecule has 1 heterocycles. The molecule has 20 heavy (non-hydrogen) atoms. The molecule has 0 aliphatic rings. The summed E-state index contributed by atoms with van der Waals surface area (Å²) in [6.45, 7) is 4.00. The molecule has 2 aromatic rings. The summed E-state index contributed by atoms with van der Waals surface area (Å²) >= 11 is 0. The first-order valence-electron chi connectivity index (χ1n) is 5.71. The minimum Gasteiger partial charge on any atom is -0.406 e. The number of alkyl halides is 3. The maximum atomic E-state index is 12.1. The first kappa shape index (κ1) is 14.0. The summed E-state index contributed by atoms with van der Waals surface area (Å²) in [5, 5.41) is 6.99. The second kappa shape index (κ2) is 5.68. The van der Waals surface area contributed by atoms with Crippen molar-refractivity contribution in [2.24, 2.45) is 0 Å². The average molecular weight is 283 g/mol. The lowest BCUT2D eigenvalue weighted by atomic mass is 10.3. The standard InChI is InChI=1S/C13H12F3N3O/c1-2-19-9-10(8-18-19)7-17-11-4-3-5-12(6-11)20-13(14,15)16/h2-6,8-9,17H,1,7H2. The Bertz CT molecular complexity index is 593. The van der Waals surface area contributed by atoms with Crippen LogP contribution in [0.5, 0.6) is 5.75 Å². The second-order valence-electron chi connectivity index (χ2n) is 3.94. The van der Waals surface area contributed by atoms with E-state index in [1.54, 1.807) is 29.3 Å². The fourth-order valence-corrected chi connectivity index (χ4v) is 1.58. The van der Waals surface area contributed by atoms with Crippen molar-refractivity contribution in [1.82, 2.24) is 9.78 Å². The van der Waals surface area contributed by atoms with Gasteiger partial charge >= 0.3 is 6.36 Å². The zero-order chi connectivity index (χ0) is 14.6. The normalized spacial score (nSPS) is 11.2. The lowest BCUT2D eigenvalue weighted by Crippen LogP contribution is -2.17. The Kier molecular flexibility index (Phi) is 3.97. The van der Waals surface area contributed by atoms with Gasteiger partial charge in [0, 0.05) is 36.3 Å². The van der Waals surface area contributed by atoms with E-state index in [0.29, 0.717) is 12.2 Å². The molecule has 0 unspecified atom stereocenters. The summed E-state index contributed by atoms with van der Waals surface area (Å²) in [5.41, 5.74) is 1.41. The van der Waals surface area contributed by atoms with Crippen molar-refractivity contribution in [3.8, 4) is 5.75 Å². The van der Waals surface area contributed by atoms with Gasteiger partial charge in [0.25, 0.3) is 0 Å². The highest BCUT2D eigenvalue weighted by Gasteiger charge is 2.31. The summed E-state index contributed by atoms with van der Waals surface area (Å²) in [6.07, 6.45) is 0.256. The SMILES string of the molecule is C=Cn1cc(CNc2cccc(OC(F)(F)F)c2)cn1. The van der Waals surface area contributed by atoms with Gasteiger partial charge in [-0.2, -0.15) is 5.10 Å². The highest BCUT2D eigenvalue weighted by atomic mass is 19.4. The highest BCUT2D eigenvalue weighted by molar-refractivity contribution is 5.48. The van der Waals surface area contributed by atoms with Crippen LogP contribution in [0.4, 0.5) is 18.9 Å². The molecule has 0 saturated heterocycles. The van der Waals surface area contributed by atoms with Gasteiger partial charge in [0.1, 0.15) is 5.75 Å². The quantitative estimate of drug-likeness (QED) is 0.913. The number of ether oxygens (including phenoxy) is 1. The van der Waals surface area contributed by atoms with Crippen LogP contribution in [0.2, 0.25) is 0 Å². The zero-order valence-electron chi connectivity index (χ0n) is 10.4. The molecule has 1 N–H and O–H groups in total. The van der Waals surface area contributed by atoms with Gasteiger partial charge in [-0.05, 0) is 12.1 Å². The Morgan fingerprint density at radius 2 is 2.20 bits per heavy atom. The van der Waals surface area contributed by atoms with Crippen LogP contribution in [0.3, 0.4) is 0 Å². The number of anilines is 1. The Balaban J connectivity index is 1.99. The smallest absolute Gasteiger partial charge is 0.406 e. The lowest BCUT2D eigenvalue weighted by molar-refractivity contribution is -0.274. The van der Waals surface area contributed by atoms with Crippen LogP contribution >= 0.6 is 0 Å². The topological polar surface area (TPSA) is 39.1 Å². The van der Waals surface area contributed by atoms with E-state index in [1.165, 1.54) is 18.2 Å². The maximum absolute atomic E-state index is 12.1. The molecule has 4 nitrogen and oxygen atoms in total. The predicted molar refractivity (Wildman–Crippen MR) is 69.1 cm³/mol. The van der Waals surface area contributed by atoms with Crippen molar-refractivity contribution < 1.29 is 17.9 Å². The first-order valence-corrected chi connectivity index (χ1v) is 5.71. The third kappa shape index (κ3) is 4.04. The first-order chi connectivity index (χ1) is 9.46. The molecule has 0 fully saturated rings. The number of rotatable bonds is 5. The minimum absolute atomic E-state index is 0.260. The number of hydrogen-bond donors (Lipinski definition) is 1. The largest absolute Gasteiger partial charge is 0.573 e. The molecule has 2 rings (SSSR count). The van der Waals surface area contributed by atoms with Gasteiger partial charge in [-0.25, -0.2) is 4.68 Å². The molecule has 0 atom stereocenters. The van der Waals surface area contributed by atoms with Crippen molar-refractivity contribution in [2.75, 3.05) is 5.32 Å². The van der Waals surface area contributed by atoms with Crippen molar-refractivity contribution in [3.05, 3.63) is 48.8 Å². The van der Waals surface area contributed by atoms with E-state index in [1.807, 2.05) is 0 Å². The predicted octanol–water partition coefficient (Wildman–Crippen LogP) is 3.49. The molecule has 7 heteroatoms. The molecule has 106 valence electrons. The van der Waals surface area contributed by atoms with Crippen LogP contribution in [-0.4, -0.2) is 16.1 Å². The second-order valence-corrected chi connectivity index (χ2v) is 3.94. The lowest BCUT2D eigenvalue weighted by Gasteiger charge is -2.10. The summed E-state index contributed by atoms with van der Waals surface area (Å²) < 4.78 is 41.7. The van der Waals surface area contributed by atoms with E-state index in [4.69, 9.17) is 0 Å². The number of nitrogens with zero attached hydrogens (tertiary/aromatic N) is 2. The van der Waals surface area contributed by atoms with E-state index in [0.717, 1.165) is 5.56 Å². The molecule has 0 spiro atoms. The average Bonchev–Trinajstić information content (AvgIpc) is 2.83. The van der Waals surface area contributed by atoms with Gasteiger partial charge in [-0.3, -0.25) is 0 Å². The van der Waals surface area contributed by atoms with Crippen LogP contribution in [0, 0.1) is 0 Å². The number of benzene rings is 1. The molecule has 0 bridgehead atoms. The fourth-order valence-electron chi connectivity index (χ4n) is 1.58. The van der Waals surface area contributed by atoms with Crippen LogP contribution in [0.15, 0.2) is 43.2 Å². The van der Waals surface area contributed by atoms with Crippen LogP contribution in [-0.2, 0) is 6.54 Å². The third-order valence-corrected chi connectivity index (χ3v) is 2.41. The van der Waals surface area contributed by atoms with Crippen molar-refractivity contribution in [3.63, 3.8) is 0 Å². The molecule has 1 aromatic carbocycles. The van der Waals surface area contributed by atoms with E-state index in [9.17, 15) is 13.2 Å². The van der Waals surface area contributed by atoms with E-state index in [-0.39, 0.29) is 5.75 Å². The monoisotopic (exact) mass is 283 g/mol. The minimum atomic E-state index is -4.69. The number of hydrogen-bond acceptors (Lipinski definition) is 3. The summed E-state index contributed by atoms with van der Waals surface area (Å²) in [7, 11) is 0.